The van der Waals surface area contributed by atoms with Crippen molar-refractivity contribution in [2.75, 3.05) is 18.0 Å². The molecule has 0 amide bonds. The summed E-state index contributed by atoms with van der Waals surface area (Å²) < 4.78 is 0. The van der Waals surface area contributed by atoms with Gasteiger partial charge in [0.2, 0.25) is 0 Å². The summed E-state index contributed by atoms with van der Waals surface area (Å²) in [6.45, 7) is 6.01. The van der Waals surface area contributed by atoms with Gasteiger partial charge in [-0.1, -0.05) is 30.3 Å². The molecule has 0 saturated carbocycles. The van der Waals surface area contributed by atoms with E-state index in [-0.39, 0.29) is 0 Å². The molecule has 0 radical (unpaired) electrons. The first-order valence-electron chi connectivity index (χ1n) is 5.73. The van der Waals surface area contributed by atoms with Crippen LogP contribution in [0.15, 0.2) is 36.4 Å². The lowest BCUT2D eigenvalue weighted by Gasteiger charge is -2.23. The monoisotopic (exact) mass is 215 g/mol. The SMILES string of the molecule is CCN(CC)c1c(O)ccc2ccccc12. The predicted octanol–water partition coefficient (Wildman–Crippen LogP) is 3.39. The number of fused-ring (bicyclic) bond motifs is 1. The maximum atomic E-state index is 10.00. The van der Waals surface area contributed by atoms with Gasteiger partial charge in [0.15, 0.2) is 0 Å². The lowest BCUT2D eigenvalue weighted by Crippen LogP contribution is -2.22. The number of phenolic OH excluding ortho intramolecular Hbond substituents is 1. The Hall–Kier alpha value is -1.70. The second-order valence-electron chi connectivity index (χ2n) is 3.83. The van der Waals surface area contributed by atoms with Crippen LogP contribution in [0.1, 0.15) is 13.8 Å². The van der Waals surface area contributed by atoms with Gasteiger partial charge in [0.05, 0.1) is 5.69 Å². The van der Waals surface area contributed by atoms with E-state index in [4.69, 9.17) is 0 Å². The molecule has 1 N–H and O–H groups in total. The third-order valence-electron chi connectivity index (χ3n) is 2.96. The third kappa shape index (κ3) is 1.71. The fraction of sp³-hybridized carbons (Fsp3) is 0.286. The number of anilines is 1. The van der Waals surface area contributed by atoms with E-state index in [2.05, 4.69) is 30.9 Å². The van der Waals surface area contributed by atoms with Gasteiger partial charge in [0.25, 0.3) is 0 Å². The fourth-order valence-electron chi connectivity index (χ4n) is 2.12. The molecule has 0 fully saturated rings. The van der Waals surface area contributed by atoms with Crippen molar-refractivity contribution in [3.8, 4) is 5.75 Å². The second-order valence-corrected chi connectivity index (χ2v) is 3.83. The van der Waals surface area contributed by atoms with Gasteiger partial charge < -0.3 is 10.0 Å². The first-order chi connectivity index (χ1) is 7.77. The molecule has 2 nitrogen and oxygen atoms in total. The highest BCUT2D eigenvalue weighted by molar-refractivity contribution is 5.97. The molecule has 0 heterocycles. The zero-order valence-electron chi connectivity index (χ0n) is 9.77. The first kappa shape index (κ1) is 10.8. The minimum absolute atomic E-state index is 0.363. The highest BCUT2D eigenvalue weighted by Gasteiger charge is 2.11. The second kappa shape index (κ2) is 4.44. The van der Waals surface area contributed by atoms with E-state index in [1.165, 1.54) is 5.39 Å². The summed E-state index contributed by atoms with van der Waals surface area (Å²) in [5, 5.41) is 12.3. The molecular formula is C14H17NO. The average Bonchev–Trinajstić information content (AvgIpc) is 2.33. The van der Waals surface area contributed by atoms with Crippen molar-refractivity contribution >= 4 is 16.5 Å². The van der Waals surface area contributed by atoms with Crippen LogP contribution in [0.4, 0.5) is 5.69 Å². The summed E-state index contributed by atoms with van der Waals surface area (Å²) in [4.78, 5) is 2.18. The molecule has 0 atom stereocenters. The summed E-state index contributed by atoms with van der Waals surface area (Å²) in [7, 11) is 0. The van der Waals surface area contributed by atoms with Gasteiger partial charge in [-0.3, -0.25) is 0 Å². The lowest BCUT2D eigenvalue weighted by molar-refractivity contribution is 0.475. The molecule has 0 unspecified atom stereocenters. The Labute approximate surface area is 96.1 Å². The summed E-state index contributed by atoms with van der Waals surface area (Å²) in [5.41, 5.74) is 0.947. The molecule has 2 rings (SSSR count). The van der Waals surface area contributed by atoms with Crippen molar-refractivity contribution in [3.05, 3.63) is 36.4 Å². The van der Waals surface area contributed by atoms with Gasteiger partial charge in [-0.2, -0.15) is 0 Å². The van der Waals surface area contributed by atoms with Crippen LogP contribution in [0, 0.1) is 0 Å². The summed E-state index contributed by atoms with van der Waals surface area (Å²) in [6, 6.07) is 11.9. The Morgan fingerprint density at radius 3 is 2.38 bits per heavy atom. The largest absolute Gasteiger partial charge is 0.506 e. The summed E-state index contributed by atoms with van der Waals surface area (Å²) >= 11 is 0. The Bertz CT molecular complexity index is 489. The Morgan fingerprint density at radius 1 is 1.00 bits per heavy atom. The van der Waals surface area contributed by atoms with Gasteiger partial charge in [0, 0.05) is 18.5 Å². The molecule has 0 saturated heterocycles. The Morgan fingerprint density at radius 2 is 1.69 bits per heavy atom. The summed E-state index contributed by atoms with van der Waals surface area (Å²) in [5.74, 6) is 0.363. The van der Waals surface area contributed by atoms with Crippen molar-refractivity contribution in [2.24, 2.45) is 0 Å². The van der Waals surface area contributed by atoms with E-state index in [0.29, 0.717) is 5.75 Å². The molecule has 0 aromatic heterocycles. The smallest absolute Gasteiger partial charge is 0.139 e. The number of benzene rings is 2. The summed E-state index contributed by atoms with van der Waals surface area (Å²) in [6.07, 6.45) is 0. The highest BCUT2D eigenvalue weighted by atomic mass is 16.3. The number of aromatic hydroxyl groups is 1. The minimum atomic E-state index is 0.363. The van der Waals surface area contributed by atoms with E-state index < -0.39 is 0 Å². The van der Waals surface area contributed by atoms with Crippen LogP contribution in [0.25, 0.3) is 10.8 Å². The van der Waals surface area contributed by atoms with Crippen molar-refractivity contribution in [1.29, 1.82) is 0 Å². The van der Waals surface area contributed by atoms with E-state index in [9.17, 15) is 5.11 Å². The number of hydrogen-bond acceptors (Lipinski definition) is 2. The number of hydrogen-bond donors (Lipinski definition) is 1. The van der Waals surface area contributed by atoms with Gasteiger partial charge in [-0.15, -0.1) is 0 Å². The number of rotatable bonds is 3. The van der Waals surface area contributed by atoms with E-state index in [1.54, 1.807) is 6.07 Å². The standard InChI is InChI=1S/C14H17NO/c1-3-15(4-2)14-12-8-6-5-7-11(12)9-10-13(14)16/h5-10,16H,3-4H2,1-2H3. The van der Waals surface area contributed by atoms with Crippen molar-refractivity contribution in [1.82, 2.24) is 0 Å². The minimum Gasteiger partial charge on any atom is -0.506 e. The van der Waals surface area contributed by atoms with Gasteiger partial charge in [-0.25, -0.2) is 0 Å². The van der Waals surface area contributed by atoms with Gasteiger partial charge >= 0.3 is 0 Å². The molecule has 2 aromatic rings. The Balaban J connectivity index is 2.69. The maximum Gasteiger partial charge on any atom is 0.139 e. The van der Waals surface area contributed by atoms with Gasteiger partial charge in [-0.05, 0) is 25.3 Å². The van der Waals surface area contributed by atoms with Crippen LogP contribution >= 0.6 is 0 Å². The van der Waals surface area contributed by atoms with Crippen LogP contribution < -0.4 is 4.90 Å². The van der Waals surface area contributed by atoms with Crippen LogP contribution in [0.5, 0.6) is 5.75 Å². The topological polar surface area (TPSA) is 23.5 Å². The molecule has 0 aliphatic rings. The molecule has 0 aliphatic heterocycles. The Kier molecular flexibility index (Phi) is 3.00. The van der Waals surface area contributed by atoms with Crippen LogP contribution in [-0.4, -0.2) is 18.2 Å². The average molecular weight is 215 g/mol. The third-order valence-corrected chi connectivity index (χ3v) is 2.96. The molecule has 84 valence electrons. The fourth-order valence-corrected chi connectivity index (χ4v) is 2.12. The molecule has 2 heteroatoms. The van der Waals surface area contributed by atoms with Crippen molar-refractivity contribution in [2.45, 2.75) is 13.8 Å². The van der Waals surface area contributed by atoms with Crippen LogP contribution in [0.3, 0.4) is 0 Å². The molecule has 2 aromatic carbocycles. The molecule has 0 aliphatic carbocycles. The molecular weight excluding hydrogens is 198 g/mol. The maximum absolute atomic E-state index is 10.00. The van der Waals surface area contributed by atoms with E-state index in [1.807, 2.05) is 18.2 Å². The quantitative estimate of drug-likeness (QED) is 0.848. The van der Waals surface area contributed by atoms with Crippen molar-refractivity contribution < 1.29 is 5.11 Å². The normalized spacial score (nSPS) is 10.6. The molecule has 16 heavy (non-hydrogen) atoms. The number of phenols is 1. The highest BCUT2D eigenvalue weighted by Crippen LogP contribution is 2.35. The van der Waals surface area contributed by atoms with Crippen LogP contribution in [-0.2, 0) is 0 Å². The van der Waals surface area contributed by atoms with E-state index >= 15 is 0 Å². The van der Waals surface area contributed by atoms with Crippen LogP contribution in [0.2, 0.25) is 0 Å². The lowest BCUT2D eigenvalue weighted by atomic mass is 10.1. The zero-order valence-corrected chi connectivity index (χ0v) is 9.77. The van der Waals surface area contributed by atoms with E-state index in [0.717, 1.165) is 24.2 Å². The first-order valence-corrected chi connectivity index (χ1v) is 5.73. The number of nitrogens with zero attached hydrogens (tertiary/aromatic N) is 1. The van der Waals surface area contributed by atoms with Gasteiger partial charge in [0.1, 0.15) is 5.75 Å². The molecule has 0 bridgehead atoms. The zero-order chi connectivity index (χ0) is 11.5. The predicted molar refractivity (Wildman–Crippen MR) is 69.2 cm³/mol. The molecule has 0 spiro atoms. The van der Waals surface area contributed by atoms with Crippen molar-refractivity contribution in [3.63, 3.8) is 0 Å².